The molecular formula is C23H22ClFN6. The fourth-order valence-electron chi connectivity index (χ4n) is 4.07. The average Bonchev–Trinajstić information content (AvgIpc) is 3.11. The molecule has 0 atom stereocenters. The van der Waals surface area contributed by atoms with E-state index in [-0.39, 0.29) is 5.82 Å². The number of piperazine rings is 1. The van der Waals surface area contributed by atoms with Gasteiger partial charge in [-0.3, -0.25) is 0 Å². The molecule has 4 aromatic rings. The fraction of sp³-hybridized carbons (Fsp3) is 0.261. The van der Waals surface area contributed by atoms with E-state index in [9.17, 15) is 4.39 Å². The van der Waals surface area contributed by atoms with Gasteiger partial charge in [-0.25, -0.2) is 19.0 Å². The Balaban J connectivity index is 1.53. The van der Waals surface area contributed by atoms with Crippen molar-refractivity contribution < 1.29 is 4.39 Å². The van der Waals surface area contributed by atoms with Crippen LogP contribution in [0.25, 0.3) is 16.9 Å². The summed E-state index contributed by atoms with van der Waals surface area (Å²) in [7, 11) is 0. The highest BCUT2D eigenvalue weighted by Crippen LogP contribution is 2.28. The van der Waals surface area contributed by atoms with Crippen molar-refractivity contribution in [3.8, 4) is 5.82 Å². The minimum atomic E-state index is -0.193. The first-order valence-corrected chi connectivity index (χ1v) is 10.6. The van der Waals surface area contributed by atoms with E-state index in [0.717, 1.165) is 28.2 Å². The van der Waals surface area contributed by atoms with E-state index in [4.69, 9.17) is 21.6 Å². The molecule has 31 heavy (non-hydrogen) atoms. The van der Waals surface area contributed by atoms with Gasteiger partial charge in [0.25, 0.3) is 0 Å². The van der Waals surface area contributed by atoms with Gasteiger partial charge in [0, 0.05) is 36.9 Å². The molecule has 6 nitrogen and oxygen atoms in total. The number of hydrogen-bond acceptors (Lipinski definition) is 5. The van der Waals surface area contributed by atoms with Gasteiger partial charge < -0.3 is 9.80 Å². The molecule has 1 saturated heterocycles. The second-order valence-electron chi connectivity index (χ2n) is 7.77. The molecule has 1 aliphatic rings. The molecule has 0 unspecified atom stereocenters. The lowest BCUT2D eigenvalue weighted by Gasteiger charge is -2.37. The van der Waals surface area contributed by atoms with Crippen LogP contribution < -0.4 is 9.80 Å². The van der Waals surface area contributed by atoms with Crippen molar-refractivity contribution in [1.82, 2.24) is 19.7 Å². The van der Waals surface area contributed by atoms with Gasteiger partial charge in [-0.05, 0) is 50.2 Å². The Morgan fingerprint density at radius 3 is 2.26 bits per heavy atom. The summed E-state index contributed by atoms with van der Waals surface area (Å²) in [6.07, 6.45) is 0. The molecular weight excluding hydrogens is 415 g/mol. The Hall–Kier alpha value is -3.19. The van der Waals surface area contributed by atoms with Gasteiger partial charge in [0.05, 0.1) is 22.4 Å². The smallest absolute Gasteiger partial charge is 0.197 e. The number of rotatable bonds is 3. The SMILES string of the molecule is Cc1cc(C)n(-c2nc3cc(Cl)ccc3nc2N2CCN(c3ccccc3F)CC2)n1. The van der Waals surface area contributed by atoms with Gasteiger partial charge in [-0.15, -0.1) is 0 Å². The van der Waals surface area contributed by atoms with Crippen molar-refractivity contribution in [3.63, 3.8) is 0 Å². The third-order valence-electron chi connectivity index (χ3n) is 5.57. The maximum atomic E-state index is 14.2. The number of hydrogen-bond donors (Lipinski definition) is 0. The number of aryl methyl sites for hydroxylation is 2. The Bertz CT molecular complexity index is 1260. The fourth-order valence-corrected chi connectivity index (χ4v) is 4.24. The van der Waals surface area contributed by atoms with Crippen molar-refractivity contribution in [2.24, 2.45) is 0 Å². The highest BCUT2D eigenvalue weighted by Gasteiger charge is 2.25. The zero-order valence-electron chi connectivity index (χ0n) is 17.4. The molecule has 0 saturated carbocycles. The highest BCUT2D eigenvalue weighted by molar-refractivity contribution is 6.31. The van der Waals surface area contributed by atoms with Gasteiger partial charge in [0.1, 0.15) is 5.82 Å². The van der Waals surface area contributed by atoms with E-state index in [1.54, 1.807) is 6.07 Å². The molecule has 0 bridgehead atoms. The molecule has 5 rings (SSSR count). The van der Waals surface area contributed by atoms with E-state index < -0.39 is 0 Å². The summed E-state index contributed by atoms with van der Waals surface area (Å²) < 4.78 is 16.1. The van der Waals surface area contributed by atoms with E-state index in [1.165, 1.54) is 6.07 Å². The van der Waals surface area contributed by atoms with E-state index in [0.29, 0.717) is 42.7 Å². The van der Waals surface area contributed by atoms with Crippen molar-refractivity contribution in [1.29, 1.82) is 0 Å². The molecule has 0 amide bonds. The van der Waals surface area contributed by atoms with Crippen LogP contribution >= 0.6 is 11.6 Å². The summed E-state index contributed by atoms with van der Waals surface area (Å²) >= 11 is 6.19. The lowest BCUT2D eigenvalue weighted by Crippen LogP contribution is -2.47. The van der Waals surface area contributed by atoms with Crippen LogP contribution in [0.5, 0.6) is 0 Å². The second kappa shape index (κ2) is 7.81. The molecule has 0 N–H and O–H groups in total. The first-order valence-electron chi connectivity index (χ1n) is 10.2. The molecule has 2 aromatic carbocycles. The Labute approximate surface area is 184 Å². The number of anilines is 2. The van der Waals surface area contributed by atoms with E-state index in [2.05, 4.69) is 14.9 Å². The van der Waals surface area contributed by atoms with Crippen molar-refractivity contribution >= 4 is 34.1 Å². The minimum absolute atomic E-state index is 0.193. The van der Waals surface area contributed by atoms with Crippen LogP contribution in [0, 0.1) is 19.7 Å². The number of para-hydroxylation sites is 1. The third-order valence-corrected chi connectivity index (χ3v) is 5.81. The van der Waals surface area contributed by atoms with Gasteiger partial charge in [0.15, 0.2) is 11.6 Å². The molecule has 8 heteroatoms. The number of halogens is 2. The second-order valence-corrected chi connectivity index (χ2v) is 8.20. The first-order chi connectivity index (χ1) is 15.0. The zero-order chi connectivity index (χ0) is 21.5. The number of fused-ring (bicyclic) bond motifs is 1. The van der Waals surface area contributed by atoms with Crippen LogP contribution in [-0.4, -0.2) is 45.9 Å². The lowest BCUT2D eigenvalue weighted by molar-refractivity contribution is 0.595. The third kappa shape index (κ3) is 3.70. The Morgan fingerprint density at radius 2 is 1.55 bits per heavy atom. The number of nitrogens with zero attached hydrogens (tertiary/aromatic N) is 6. The number of aromatic nitrogens is 4. The summed E-state index contributed by atoms with van der Waals surface area (Å²) in [4.78, 5) is 14.1. The molecule has 0 radical (unpaired) electrons. The van der Waals surface area contributed by atoms with Crippen molar-refractivity contribution in [3.05, 3.63) is 70.8 Å². The Kier molecular flexibility index (Phi) is 4.98. The molecule has 158 valence electrons. The van der Waals surface area contributed by atoms with Crippen LogP contribution in [0.15, 0.2) is 48.5 Å². The summed E-state index contributed by atoms with van der Waals surface area (Å²) in [5, 5.41) is 5.25. The molecule has 3 heterocycles. The molecule has 0 spiro atoms. The highest BCUT2D eigenvalue weighted by atomic mass is 35.5. The predicted molar refractivity (Wildman–Crippen MR) is 122 cm³/mol. The summed E-state index contributed by atoms with van der Waals surface area (Å²) in [6.45, 7) is 6.75. The largest absolute Gasteiger partial charge is 0.366 e. The first kappa shape index (κ1) is 19.8. The van der Waals surface area contributed by atoms with Crippen LogP contribution in [0.2, 0.25) is 5.02 Å². The van der Waals surface area contributed by atoms with E-state index in [1.807, 2.05) is 54.9 Å². The molecule has 2 aromatic heterocycles. The van der Waals surface area contributed by atoms with Crippen molar-refractivity contribution in [2.45, 2.75) is 13.8 Å². The predicted octanol–water partition coefficient (Wildman–Crippen LogP) is 4.55. The van der Waals surface area contributed by atoms with Gasteiger partial charge >= 0.3 is 0 Å². The quantitative estimate of drug-likeness (QED) is 0.471. The van der Waals surface area contributed by atoms with E-state index >= 15 is 0 Å². The Morgan fingerprint density at radius 1 is 0.839 bits per heavy atom. The standard InChI is InChI=1S/C23H22ClFN6/c1-15-13-16(2)31(28-15)23-22(26-19-8-7-17(24)14-20(19)27-23)30-11-9-29(10-12-30)21-6-4-3-5-18(21)25/h3-8,13-14H,9-12H2,1-2H3. The molecule has 1 aliphatic heterocycles. The maximum Gasteiger partial charge on any atom is 0.197 e. The monoisotopic (exact) mass is 436 g/mol. The van der Waals surface area contributed by atoms with Gasteiger partial charge in [-0.1, -0.05) is 23.7 Å². The summed E-state index contributed by atoms with van der Waals surface area (Å²) in [5.41, 5.74) is 4.05. The van der Waals surface area contributed by atoms with Crippen LogP contribution in [-0.2, 0) is 0 Å². The molecule has 1 fully saturated rings. The zero-order valence-corrected chi connectivity index (χ0v) is 18.1. The van der Waals surface area contributed by atoms with Crippen LogP contribution in [0.3, 0.4) is 0 Å². The summed E-state index contributed by atoms with van der Waals surface area (Å²) in [5.74, 6) is 1.26. The topological polar surface area (TPSA) is 50.1 Å². The number of benzene rings is 2. The maximum absolute atomic E-state index is 14.2. The molecule has 0 aliphatic carbocycles. The van der Waals surface area contributed by atoms with Crippen molar-refractivity contribution in [2.75, 3.05) is 36.0 Å². The average molecular weight is 437 g/mol. The summed E-state index contributed by atoms with van der Waals surface area (Å²) in [6, 6.07) is 14.5. The van der Waals surface area contributed by atoms with Gasteiger partial charge in [0.2, 0.25) is 0 Å². The normalized spacial score (nSPS) is 14.5. The van der Waals surface area contributed by atoms with Crippen LogP contribution in [0.4, 0.5) is 15.9 Å². The van der Waals surface area contributed by atoms with Crippen LogP contribution in [0.1, 0.15) is 11.4 Å². The van der Waals surface area contributed by atoms with Gasteiger partial charge in [-0.2, -0.15) is 5.10 Å². The lowest BCUT2D eigenvalue weighted by atomic mass is 10.2. The minimum Gasteiger partial charge on any atom is -0.366 e.